The average Bonchev–Trinajstić information content (AvgIpc) is 2.53. The molecule has 3 nitrogen and oxygen atoms in total. The molecule has 0 aliphatic heterocycles. The summed E-state index contributed by atoms with van der Waals surface area (Å²) in [7, 11) is 0. The van der Waals surface area contributed by atoms with Crippen molar-refractivity contribution in [2.24, 2.45) is 0 Å². The zero-order valence-corrected chi connectivity index (χ0v) is 14.3. The molecule has 0 N–H and O–H groups in total. The summed E-state index contributed by atoms with van der Waals surface area (Å²) in [4.78, 5) is 16.5. The van der Waals surface area contributed by atoms with Gasteiger partial charge in [-0.3, -0.25) is 4.79 Å². The van der Waals surface area contributed by atoms with Gasteiger partial charge in [-0.25, -0.2) is 0 Å². The lowest BCUT2D eigenvalue weighted by atomic mass is 10.1. The van der Waals surface area contributed by atoms with E-state index in [-0.39, 0.29) is 5.43 Å². The van der Waals surface area contributed by atoms with Gasteiger partial charge >= 0.3 is 0 Å². The van der Waals surface area contributed by atoms with Gasteiger partial charge in [0, 0.05) is 24.5 Å². The molecule has 126 valence electrons. The molecule has 22 heavy (non-hydrogen) atoms. The third-order valence-electron chi connectivity index (χ3n) is 4.01. The molecular formula is C19H33NO2. The molecule has 0 saturated heterocycles. The number of hydrogen-bond acceptors (Lipinski definition) is 2. The van der Waals surface area contributed by atoms with E-state index in [2.05, 4.69) is 6.92 Å². The van der Waals surface area contributed by atoms with E-state index in [1.165, 1.54) is 82.8 Å². The van der Waals surface area contributed by atoms with Crippen LogP contribution in [0.4, 0.5) is 0 Å². The first kappa shape index (κ1) is 18.8. The van der Waals surface area contributed by atoms with Crippen molar-refractivity contribution in [2.45, 2.75) is 84.0 Å². The third kappa shape index (κ3) is 10.5. The Labute approximate surface area is 135 Å². The highest BCUT2D eigenvalue weighted by molar-refractivity contribution is 4.91. The average molecular weight is 307 g/mol. The Bertz CT molecular complexity index is 394. The highest BCUT2D eigenvalue weighted by Gasteiger charge is 1.94. The number of rotatable bonds is 14. The molecule has 0 radical (unpaired) electrons. The Morgan fingerprint density at radius 2 is 1.23 bits per heavy atom. The molecule has 1 heterocycles. The normalized spacial score (nSPS) is 10.8. The summed E-state index contributed by atoms with van der Waals surface area (Å²) in [6.07, 6.45) is 19.5. The van der Waals surface area contributed by atoms with Crippen LogP contribution < -0.4 is 10.3 Å². The standard InChI is InChI=1S/C19H33NO2/c1-2-3-4-5-6-7-8-9-10-11-12-13-18-22-20-16-14-19(21)15-17-20/h14-17H,2-13,18H2,1H3. The van der Waals surface area contributed by atoms with E-state index in [1.54, 1.807) is 17.1 Å². The van der Waals surface area contributed by atoms with Crippen LogP contribution in [-0.4, -0.2) is 11.3 Å². The van der Waals surface area contributed by atoms with Crippen molar-refractivity contribution >= 4 is 0 Å². The molecule has 0 aliphatic rings. The van der Waals surface area contributed by atoms with Gasteiger partial charge in [0.2, 0.25) is 0 Å². The lowest BCUT2D eigenvalue weighted by Gasteiger charge is -2.08. The van der Waals surface area contributed by atoms with Gasteiger partial charge in [-0.1, -0.05) is 71.1 Å². The fraction of sp³-hybridized carbons (Fsp3) is 0.737. The summed E-state index contributed by atoms with van der Waals surface area (Å²) in [6, 6.07) is 3.03. The maximum absolute atomic E-state index is 10.9. The summed E-state index contributed by atoms with van der Waals surface area (Å²) in [5.41, 5.74) is 0.0187. The van der Waals surface area contributed by atoms with Gasteiger partial charge in [-0.15, -0.1) is 0 Å². The minimum absolute atomic E-state index is 0.0187. The summed E-state index contributed by atoms with van der Waals surface area (Å²) in [5, 5.41) is 0. The van der Waals surface area contributed by atoms with Gasteiger partial charge < -0.3 is 4.84 Å². The topological polar surface area (TPSA) is 31.2 Å². The Hall–Kier alpha value is -1.25. The maximum atomic E-state index is 10.9. The Morgan fingerprint density at radius 1 is 0.773 bits per heavy atom. The highest BCUT2D eigenvalue weighted by atomic mass is 16.7. The fourth-order valence-electron chi connectivity index (χ4n) is 2.60. The molecular weight excluding hydrogens is 274 g/mol. The van der Waals surface area contributed by atoms with E-state index in [1.807, 2.05) is 0 Å². The molecule has 0 amide bonds. The Morgan fingerprint density at radius 3 is 1.73 bits per heavy atom. The minimum Gasteiger partial charge on any atom is -0.414 e. The predicted octanol–water partition coefficient (Wildman–Crippen LogP) is 4.98. The monoisotopic (exact) mass is 307 g/mol. The number of hydrogen-bond donors (Lipinski definition) is 0. The van der Waals surface area contributed by atoms with Crippen LogP contribution in [0.2, 0.25) is 0 Å². The predicted molar refractivity (Wildman–Crippen MR) is 93.2 cm³/mol. The SMILES string of the molecule is CCCCCCCCCCCCCCOn1ccc(=O)cc1. The van der Waals surface area contributed by atoms with Crippen molar-refractivity contribution in [3.63, 3.8) is 0 Å². The van der Waals surface area contributed by atoms with Crippen molar-refractivity contribution in [3.05, 3.63) is 34.7 Å². The molecule has 0 fully saturated rings. The number of pyridine rings is 1. The van der Waals surface area contributed by atoms with Crippen LogP contribution in [0.5, 0.6) is 0 Å². The first-order valence-electron chi connectivity index (χ1n) is 9.14. The van der Waals surface area contributed by atoms with Crippen LogP contribution in [0.1, 0.15) is 84.0 Å². The van der Waals surface area contributed by atoms with E-state index in [0.717, 1.165) is 13.0 Å². The molecule has 0 aromatic carbocycles. The van der Waals surface area contributed by atoms with Gasteiger partial charge in [0.25, 0.3) is 0 Å². The lowest BCUT2D eigenvalue weighted by Crippen LogP contribution is -2.14. The summed E-state index contributed by atoms with van der Waals surface area (Å²) in [6.45, 7) is 2.99. The van der Waals surface area contributed by atoms with E-state index in [0.29, 0.717) is 0 Å². The maximum Gasteiger partial charge on any atom is 0.181 e. The van der Waals surface area contributed by atoms with E-state index in [4.69, 9.17) is 4.84 Å². The van der Waals surface area contributed by atoms with Crippen molar-refractivity contribution in [2.75, 3.05) is 6.61 Å². The molecule has 0 aliphatic carbocycles. The largest absolute Gasteiger partial charge is 0.414 e. The Balaban J connectivity index is 1.80. The van der Waals surface area contributed by atoms with Crippen molar-refractivity contribution in [1.29, 1.82) is 0 Å². The molecule has 0 atom stereocenters. The zero-order chi connectivity index (χ0) is 15.9. The van der Waals surface area contributed by atoms with Gasteiger partial charge in [0.1, 0.15) is 6.61 Å². The molecule has 1 aromatic heterocycles. The number of aromatic nitrogens is 1. The summed E-state index contributed by atoms with van der Waals surface area (Å²) >= 11 is 0. The van der Waals surface area contributed by atoms with E-state index >= 15 is 0 Å². The van der Waals surface area contributed by atoms with Gasteiger partial charge in [0.15, 0.2) is 5.43 Å². The summed E-state index contributed by atoms with van der Waals surface area (Å²) < 4.78 is 1.61. The molecule has 3 heteroatoms. The summed E-state index contributed by atoms with van der Waals surface area (Å²) in [5.74, 6) is 0. The quantitative estimate of drug-likeness (QED) is 0.454. The second-order valence-electron chi connectivity index (χ2n) is 6.12. The van der Waals surface area contributed by atoms with Crippen molar-refractivity contribution in [1.82, 2.24) is 4.73 Å². The lowest BCUT2D eigenvalue weighted by molar-refractivity contribution is 0.105. The van der Waals surface area contributed by atoms with E-state index in [9.17, 15) is 4.79 Å². The van der Waals surface area contributed by atoms with Crippen molar-refractivity contribution in [3.8, 4) is 0 Å². The zero-order valence-electron chi connectivity index (χ0n) is 14.3. The second kappa shape index (κ2) is 13.4. The van der Waals surface area contributed by atoms with Crippen LogP contribution in [0.3, 0.4) is 0 Å². The number of unbranched alkanes of at least 4 members (excludes halogenated alkanes) is 11. The van der Waals surface area contributed by atoms with Crippen LogP contribution in [-0.2, 0) is 0 Å². The fourth-order valence-corrected chi connectivity index (χ4v) is 2.60. The second-order valence-corrected chi connectivity index (χ2v) is 6.12. The molecule has 0 unspecified atom stereocenters. The smallest absolute Gasteiger partial charge is 0.181 e. The molecule has 1 rings (SSSR count). The van der Waals surface area contributed by atoms with Crippen LogP contribution in [0, 0.1) is 0 Å². The highest BCUT2D eigenvalue weighted by Crippen LogP contribution is 2.11. The first-order valence-corrected chi connectivity index (χ1v) is 9.14. The van der Waals surface area contributed by atoms with Crippen LogP contribution >= 0.6 is 0 Å². The molecule has 1 aromatic rings. The minimum atomic E-state index is 0.0187. The number of nitrogens with zero attached hydrogens (tertiary/aromatic N) is 1. The van der Waals surface area contributed by atoms with Crippen LogP contribution in [0.25, 0.3) is 0 Å². The molecule has 0 bridgehead atoms. The van der Waals surface area contributed by atoms with Gasteiger partial charge in [-0.05, 0) is 12.8 Å². The first-order chi connectivity index (χ1) is 10.8. The van der Waals surface area contributed by atoms with Gasteiger partial charge in [-0.2, -0.15) is 4.73 Å². The van der Waals surface area contributed by atoms with E-state index < -0.39 is 0 Å². The van der Waals surface area contributed by atoms with Gasteiger partial charge in [0.05, 0.1) is 0 Å². The molecule has 0 saturated carbocycles. The van der Waals surface area contributed by atoms with Crippen LogP contribution in [0.15, 0.2) is 29.3 Å². The third-order valence-corrected chi connectivity index (χ3v) is 4.01. The van der Waals surface area contributed by atoms with Crippen molar-refractivity contribution < 1.29 is 4.84 Å². The molecule has 0 spiro atoms. The Kier molecular flexibility index (Phi) is 11.5.